The van der Waals surface area contributed by atoms with Crippen molar-refractivity contribution in [1.29, 1.82) is 0 Å². The van der Waals surface area contributed by atoms with Crippen LogP contribution < -0.4 is 4.74 Å². The third-order valence-electron chi connectivity index (χ3n) is 4.29. The van der Waals surface area contributed by atoms with Gasteiger partial charge in [-0.3, -0.25) is 0 Å². The normalized spacial score (nSPS) is 13.0. The van der Waals surface area contributed by atoms with Gasteiger partial charge in [-0.2, -0.15) is 9.50 Å². The molecule has 8 heteroatoms. The summed E-state index contributed by atoms with van der Waals surface area (Å²) in [5.74, 6) is 0.797. The Morgan fingerprint density at radius 3 is 2.43 bits per heavy atom. The number of nitrogens with zero attached hydrogens (tertiary/aromatic N) is 3. The van der Waals surface area contributed by atoms with Gasteiger partial charge in [-0.05, 0) is 62.7 Å². The molecule has 2 aromatic carbocycles. The minimum atomic E-state index is -1.37. The van der Waals surface area contributed by atoms with E-state index >= 15 is 0 Å². The third kappa shape index (κ3) is 5.50. The van der Waals surface area contributed by atoms with Crippen LogP contribution in [0.5, 0.6) is 5.75 Å². The van der Waals surface area contributed by atoms with Crippen LogP contribution in [0, 0.1) is 0 Å². The zero-order valence-electron chi connectivity index (χ0n) is 17.2. The van der Waals surface area contributed by atoms with Crippen molar-refractivity contribution in [2.45, 2.75) is 31.9 Å². The van der Waals surface area contributed by atoms with Gasteiger partial charge in [-0.25, -0.2) is 8.89 Å². The monoisotopic (exact) mass is 463 g/mol. The minimum Gasteiger partial charge on any atom is -0.497 e. The molecule has 0 aliphatic rings. The van der Waals surface area contributed by atoms with E-state index in [2.05, 4.69) is 9.50 Å². The smallest absolute Gasteiger partial charge is 0.144 e. The molecule has 0 aliphatic heterocycles. The fourth-order valence-corrected chi connectivity index (χ4v) is 3.71. The fraction of sp³-hybridized carbons (Fsp3) is 0.273. The van der Waals surface area contributed by atoms with Gasteiger partial charge < -0.3 is 4.74 Å². The number of rotatable bonds is 6. The molecular formula is C22H23Cl2N3O2S. The second-order valence-electron chi connectivity index (χ2n) is 7.69. The van der Waals surface area contributed by atoms with E-state index in [-0.39, 0.29) is 0 Å². The van der Waals surface area contributed by atoms with Gasteiger partial charge in [-0.15, -0.1) is 0 Å². The minimum absolute atomic E-state index is 0.440. The van der Waals surface area contributed by atoms with Crippen molar-refractivity contribution in [2.75, 3.05) is 7.11 Å². The van der Waals surface area contributed by atoms with Gasteiger partial charge in [0, 0.05) is 17.1 Å². The van der Waals surface area contributed by atoms with Crippen LogP contribution in [-0.4, -0.2) is 32.1 Å². The summed E-state index contributed by atoms with van der Waals surface area (Å²) in [7, 11) is 0.273. The van der Waals surface area contributed by atoms with Gasteiger partial charge in [0.15, 0.2) is 0 Å². The van der Waals surface area contributed by atoms with Crippen molar-refractivity contribution < 1.29 is 8.95 Å². The number of methoxy groups -OCH3 is 1. The van der Waals surface area contributed by atoms with Crippen molar-refractivity contribution in [1.82, 2.24) is 9.78 Å². The van der Waals surface area contributed by atoms with Gasteiger partial charge in [0.1, 0.15) is 22.4 Å². The Morgan fingerprint density at radius 2 is 1.83 bits per heavy atom. The lowest BCUT2D eigenvalue weighted by Gasteiger charge is -2.12. The molecule has 5 nitrogen and oxygen atoms in total. The average molecular weight is 464 g/mol. The molecule has 0 N–H and O–H groups in total. The van der Waals surface area contributed by atoms with Gasteiger partial charge in [0.05, 0.1) is 28.8 Å². The van der Waals surface area contributed by atoms with E-state index in [1.165, 1.54) is 0 Å². The molecule has 0 saturated heterocycles. The summed E-state index contributed by atoms with van der Waals surface area (Å²) in [6.45, 7) is 5.63. The van der Waals surface area contributed by atoms with E-state index < -0.39 is 15.7 Å². The second kappa shape index (κ2) is 9.33. The molecule has 158 valence electrons. The zero-order valence-corrected chi connectivity index (χ0v) is 19.6. The largest absolute Gasteiger partial charge is 0.497 e. The lowest BCUT2D eigenvalue weighted by atomic mass is 10.1. The highest BCUT2D eigenvalue weighted by Crippen LogP contribution is 2.26. The summed E-state index contributed by atoms with van der Waals surface area (Å²) < 4.78 is 23.0. The van der Waals surface area contributed by atoms with Crippen LogP contribution in [0.25, 0.3) is 5.69 Å². The Bertz CT molecular complexity index is 1090. The third-order valence-corrected chi connectivity index (χ3v) is 6.17. The first kappa shape index (κ1) is 22.5. The first-order chi connectivity index (χ1) is 14.2. The molecule has 0 bridgehead atoms. The summed E-state index contributed by atoms with van der Waals surface area (Å²) in [4.78, 5) is 0. The molecule has 0 saturated carbocycles. The Morgan fingerprint density at radius 1 is 1.13 bits per heavy atom. The Labute approximate surface area is 189 Å². The lowest BCUT2D eigenvalue weighted by Crippen LogP contribution is -2.19. The Hall–Kier alpha value is -2.15. The van der Waals surface area contributed by atoms with E-state index in [1.807, 2.05) is 57.2 Å². The molecule has 1 aromatic heterocycles. The Balaban J connectivity index is 2.00. The molecular weight excluding hydrogens is 441 g/mol. The van der Waals surface area contributed by atoms with Crippen molar-refractivity contribution in [3.63, 3.8) is 0 Å². The molecule has 0 amide bonds. The standard InChI is InChI=1S/C22H23Cl2N3O2S/c1-22(2,3)30(28)25-14-17-13-18(11-15-5-8-19(29-4)9-6-15)27(26-17)21-10-7-16(23)12-20(21)24/h5-10,12-14H,11H2,1-4H3. The number of hydrogen-bond acceptors (Lipinski definition) is 3. The first-order valence-corrected chi connectivity index (χ1v) is 11.2. The Kier molecular flexibility index (Phi) is 7.01. The number of halogens is 2. The summed E-state index contributed by atoms with van der Waals surface area (Å²) in [6, 6.07) is 15.0. The van der Waals surface area contributed by atoms with Gasteiger partial charge >= 0.3 is 0 Å². The van der Waals surface area contributed by atoms with Gasteiger partial charge in [0.2, 0.25) is 0 Å². The molecule has 30 heavy (non-hydrogen) atoms. The highest BCUT2D eigenvalue weighted by atomic mass is 35.5. The summed E-state index contributed by atoms with van der Waals surface area (Å²) >= 11 is 12.5. The SMILES string of the molecule is COc1ccc(Cc2cc(C=NS(=O)C(C)(C)C)nn2-c2ccc(Cl)cc2Cl)cc1. The molecule has 1 atom stereocenters. The average Bonchev–Trinajstić information content (AvgIpc) is 3.08. The van der Waals surface area contributed by atoms with Crippen LogP contribution in [0.2, 0.25) is 10.0 Å². The van der Waals surface area contributed by atoms with Crippen LogP contribution in [0.15, 0.2) is 52.9 Å². The predicted octanol–water partition coefficient (Wildman–Crippen LogP) is 5.66. The molecule has 3 aromatic rings. The van der Waals surface area contributed by atoms with Crippen LogP contribution in [0.3, 0.4) is 0 Å². The lowest BCUT2D eigenvalue weighted by molar-refractivity contribution is 0.414. The van der Waals surface area contributed by atoms with Crippen molar-refractivity contribution in [2.24, 2.45) is 4.40 Å². The quantitative estimate of drug-likeness (QED) is 0.443. The van der Waals surface area contributed by atoms with Gasteiger partial charge in [0.25, 0.3) is 0 Å². The van der Waals surface area contributed by atoms with Crippen molar-refractivity contribution in [3.05, 3.63) is 75.5 Å². The molecule has 3 rings (SSSR count). The van der Waals surface area contributed by atoms with E-state index in [0.29, 0.717) is 27.8 Å². The van der Waals surface area contributed by atoms with Crippen LogP contribution in [0.4, 0.5) is 0 Å². The molecule has 0 aliphatic carbocycles. The second-order valence-corrected chi connectivity index (χ2v) is 10.5. The number of ether oxygens (including phenoxy) is 1. The van der Waals surface area contributed by atoms with Crippen LogP contribution >= 0.6 is 23.2 Å². The first-order valence-electron chi connectivity index (χ1n) is 9.31. The van der Waals surface area contributed by atoms with Crippen molar-refractivity contribution in [3.8, 4) is 11.4 Å². The van der Waals surface area contributed by atoms with E-state index in [1.54, 1.807) is 30.1 Å². The molecule has 0 spiro atoms. The summed E-state index contributed by atoms with van der Waals surface area (Å²) in [6.07, 6.45) is 2.16. The number of hydrogen-bond donors (Lipinski definition) is 0. The molecule has 0 radical (unpaired) electrons. The van der Waals surface area contributed by atoms with Crippen LogP contribution in [0.1, 0.15) is 37.7 Å². The highest BCUT2D eigenvalue weighted by Gasteiger charge is 2.19. The molecule has 1 heterocycles. The zero-order chi connectivity index (χ0) is 21.9. The topological polar surface area (TPSA) is 56.5 Å². The number of benzene rings is 2. The summed E-state index contributed by atoms with van der Waals surface area (Å²) in [5.41, 5.74) is 3.31. The predicted molar refractivity (Wildman–Crippen MR) is 125 cm³/mol. The van der Waals surface area contributed by atoms with E-state index in [9.17, 15) is 4.21 Å². The maximum absolute atomic E-state index is 12.3. The van der Waals surface area contributed by atoms with Gasteiger partial charge in [-0.1, -0.05) is 35.3 Å². The van der Waals surface area contributed by atoms with E-state index in [0.717, 1.165) is 17.0 Å². The molecule has 0 fully saturated rings. The summed E-state index contributed by atoms with van der Waals surface area (Å²) in [5, 5.41) is 5.68. The maximum atomic E-state index is 12.3. The highest BCUT2D eigenvalue weighted by molar-refractivity contribution is 7.85. The number of aromatic nitrogens is 2. The maximum Gasteiger partial charge on any atom is 0.144 e. The van der Waals surface area contributed by atoms with E-state index in [4.69, 9.17) is 27.9 Å². The van der Waals surface area contributed by atoms with Crippen molar-refractivity contribution >= 4 is 40.4 Å². The fourth-order valence-electron chi connectivity index (χ4n) is 2.70. The van der Waals surface area contributed by atoms with Crippen LogP contribution in [-0.2, 0) is 17.4 Å². The molecule has 1 unspecified atom stereocenters.